The van der Waals surface area contributed by atoms with Crippen molar-refractivity contribution < 1.29 is 67.6 Å². The van der Waals surface area contributed by atoms with Crippen LogP contribution >= 0.6 is 34.4 Å². The minimum absolute atomic E-state index is 0.00504. The van der Waals surface area contributed by atoms with Gasteiger partial charge in [-0.15, -0.1) is 20.5 Å². The summed E-state index contributed by atoms with van der Waals surface area (Å²) in [7, 11) is -10.7. The molecule has 2 amide bonds. The number of amides is 2. The van der Waals surface area contributed by atoms with Gasteiger partial charge in [0.25, 0.3) is 36.3 Å². The molecule has 7 N–H and O–H groups in total. The van der Waals surface area contributed by atoms with Gasteiger partial charge in [-0.25, -0.2) is 0 Å². The molecule has 2 aliphatic heterocycles. The summed E-state index contributed by atoms with van der Waals surface area (Å²) in [5.41, 5.74) is 1.86. The van der Waals surface area contributed by atoms with Gasteiger partial charge < -0.3 is 50.3 Å². The highest BCUT2D eigenvalue weighted by atomic mass is 32.2. The molecule has 38 heteroatoms. The number of nitrogens with one attached hydrogen (secondary N) is 4. The maximum atomic E-state index is 14.2. The second kappa shape index (κ2) is 34.2. The summed E-state index contributed by atoms with van der Waals surface area (Å²) < 4.78 is 113. The van der Waals surface area contributed by atoms with Crippen LogP contribution in [0.4, 0.5) is 79.3 Å². The van der Waals surface area contributed by atoms with Gasteiger partial charge >= 0.3 is 0 Å². The molecule has 0 spiro atoms. The molecule has 4 aromatic carbocycles. The van der Waals surface area contributed by atoms with Crippen molar-refractivity contribution in [3.05, 3.63) is 88.1 Å². The highest BCUT2D eigenvalue weighted by Gasteiger charge is 2.35. The summed E-state index contributed by atoms with van der Waals surface area (Å²) in [6.45, 7) is 14.8. The van der Waals surface area contributed by atoms with E-state index < -0.39 is 75.2 Å². The third-order valence-corrected chi connectivity index (χ3v) is 21.5. The van der Waals surface area contributed by atoms with Crippen molar-refractivity contribution in [2.24, 2.45) is 20.5 Å². The van der Waals surface area contributed by atoms with Gasteiger partial charge in [0.05, 0.1) is 67.8 Å². The number of anilines is 10. The van der Waals surface area contributed by atoms with Gasteiger partial charge in [0.1, 0.15) is 46.2 Å². The number of piperidine rings is 2. The number of nitrogens with zero attached hydrogens (tertiary/aromatic N) is 13. The molecule has 7 aromatic rings. The van der Waals surface area contributed by atoms with E-state index in [2.05, 4.69) is 31.5 Å². The van der Waals surface area contributed by atoms with Gasteiger partial charge in [-0.05, 0) is 135 Å². The predicted molar refractivity (Wildman–Crippen MR) is 393 cm³/mol. The van der Waals surface area contributed by atoms with Crippen molar-refractivity contribution in [2.45, 2.75) is 101 Å². The first-order valence-electron chi connectivity index (χ1n) is 32.3. The predicted octanol–water partition coefficient (Wildman–Crippen LogP) is 12.2. The number of aromatic nitrogens is 5. The molecule has 9 rings (SSSR count). The number of methoxy groups -OCH3 is 2. The van der Waals surface area contributed by atoms with E-state index in [9.17, 15) is 58.1 Å². The Kier molecular flexibility index (Phi) is 25.8. The van der Waals surface area contributed by atoms with Crippen LogP contribution in [0.1, 0.15) is 95.7 Å². The average molecular weight is 1520 g/mol. The summed E-state index contributed by atoms with van der Waals surface area (Å²) in [6.07, 6.45) is 6.58. The molecule has 0 aliphatic carbocycles. The molecule has 1 atom stereocenters. The van der Waals surface area contributed by atoms with Crippen LogP contribution in [0.5, 0.6) is 11.5 Å². The largest absolute Gasteiger partial charge is 0.494 e. The number of hydrogen-bond donors (Lipinski definition) is 7. The number of carbonyl (C=O) groups is 4. The summed E-state index contributed by atoms with van der Waals surface area (Å²) in [4.78, 5) is 86.7. The second-order valence-corrected chi connectivity index (χ2v) is 30.5. The van der Waals surface area contributed by atoms with E-state index in [-0.39, 0.29) is 77.6 Å². The zero-order chi connectivity index (χ0) is 73.6. The normalized spacial score (nSPS) is 14.2. The highest BCUT2D eigenvalue weighted by Crippen LogP contribution is 2.46. The van der Waals surface area contributed by atoms with E-state index in [0.29, 0.717) is 91.7 Å². The molecule has 32 nitrogen and oxygen atoms in total. The molecule has 1 unspecified atom stereocenters. The van der Waals surface area contributed by atoms with Crippen molar-refractivity contribution >= 4 is 174 Å². The zero-order valence-electron chi connectivity index (χ0n) is 56.9. The molecule has 5 heterocycles. The molecule has 0 radical (unpaired) electrons. The molecular formula is C64H77N17O15S6. The first-order valence-corrected chi connectivity index (χ1v) is 39.4. The molecule has 3 aromatic heterocycles. The fourth-order valence-electron chi connectivity index (χ4n) is 11.1. The Morgan fingerprint density at radius 2 is 1.09 bits per heavy atom. The lowest BCUT2D eigenvalue weighted by Crippen LogP contribution is -2.32. The molecule has 0 saturated carbocycles. The molecule has 2 fully saturated rings. The maximum Gasteiger partial charge on any atom is 0.294 e. The Labute approximate surface area is 602 Å². The van der Waals surface area contributed by atoms with Gasteiger partial charge in [-0.1, -0.05) is 46.6 Å². The van der Waals surface area contributed by atoms with Crippen molar-refractivity contribution in [3.63, 3.8) is 0 Å². The lowest BCUT2D eigenvalue weighted by atomic mass is 10.0. The van der Waals surface area contributed by atoms with E-state index in [1.165, 1.54) is 58.4 Å². The Bertz CT molecular complexity index is 4710. The van der Waals surface area contributed by atoms with Crippen LogP contribution in [0, 0.1) is 0 Å². The lowest BCUT2D eigenvalue weighted by molar-refractivity contribution is -0.126. The van der Waals surface area contributed by atoms with Crippen LogP contribution in [0.2, 0.25) is 0 Å². The van der Waals surface area contributed by atoms with Crippen molar-refractivity contribution in [1.82, 2.24) is 24.9 Å². The fraction of sp³-hybridized carbons (Fsp3) is 0.391. The van der Waals surface area contributed by atoms with Crippen molar-refractivity contribution in [1.29, 1.82) is 0 Å². The lowest BCUT2D eigenvalue weighted by Gasteiger charge is -2.28. The molecule has 2 aliphatic rings. The number of ether oxygens (including phenoxy) is 2. The number of thiazole rings is 2. The summed E-state index contributed by atoms with van der Waals surface area (Å²) in [5.74, 6) is -3.73. The van der Waals surface area contributed by atoms with E-state index >= 15 is 0 Å². The van der Waals surface area contributed by atoms with E-state index in [1.54, 1.807) is 24.3 Å². The molecule has 2 saturated heterocycles. The SMILES string of the molecule is CCN(CC)c1cc(Nc2nc(Nc3cc(N(CC)CC)c(OC)cc3/N=N/c3nc(N4CCCCC4)c(C(C(C)=O)C(=O)Nc4cccc(S(=O)(=O)O)c4)s3)nc(SCCS(=O)(=O)O)n2)c(/N=N/c2nc(N3CCCCC3)c(/C=C(\C(C)=O)C(=O)Nc3cccc(S(=O)(=O)O)c3)s2)cc1OC. The number of benzene rings is 4. The molecule has 102 heavy (non-hydrogen) atoms. The van der Waals surface area contributed by atoms with Gasteiger partial charge in [-0.2, -0.15) is 50.2 Å². The minimum atomic E-state index is -4.64. The third kappa shape index (κ3) is 19.9. The zero-order valence-corrected chi connectivity index (χ0v) is 61.8. The van der Waals surface area contributed by atoms with Gasteiger partial charge in [0.15, 0.2) is 10.9 Å². The quantitative estimate of drug-likeness (QED) is 0.00514. The van der Waals surface area contributed by atoms with E-state index in [0.717, 1.165) is 97.2 Å². The van der Waals surface area contributed by atoms with Gasteiger partial charge in [0, 0.05) is 81.6 Å². The standard InChI is InChI=1S/C64H77N17O15S6/c1-9-78(10-2)49-34-45(47(36-51(49)95-7)74-76-63-69-56(80-25-15-13-16-26-80)53(98-63)33-44(38(5)82)58(84)65-40-21-19-23-42(31-40)101(89,90)91)67-60-71-61(73-62(72-60)97-29-30-100(86,87)88)68-46-35-50(79(11-3)12-4)52(96-8)37-48(46)75-77-64-70-57(81-27-17-14-18-28-81)55(99-64)54(39(6)83)59(85)66-41-22-20-24-43(32-41)102(92,93)94/h19-24,31-37,54H,9-18,25-30H2,1-8H3,(H,65,84)(H,66,85)(H,86,87,88)(H,89,90,91)(H,92,93,94)(H2,67,68,71,72,73)/b44-33+,76-74+,77-75+. The van der Waals surface area contributed by atoms with E-state index in [4.69, 9.17) is 44.6 Å². The van der Waals surface area contributed by atoms with Crippen LogP contribution in [0.25, 0.3) is 6.08 Å². The van der Waals surface area contributed by atoms with Gasteiger partial charge in [0.2, 0.25) is 28.1 Å². The van der Waals surface area contributed by atoms with Crippen LogP contribution in [0.15, 0.2) is 114 Å². The van der Waals surface area contributed by atoms with Crippen molar-refractivity contribution in [2.75, 3.05) is 119 Å². The van der Waals surface area contributed by atoms with Crippen LogP contribution in [-0.4, -0.2) is 165 Å². The van der Waals surface area contributed by atoms with Crippen LogP contribution in [-0.2, 0) is 49.5 Å². The Hall–Kier alpha value is -9.15. The first kappa shape index (κ1) is 77.0. The Morgan fingerprint density at radius 3 is 1.54 bits per heavy atom. The van der Waals surface area contributed by atoms with E-state index in [1.807, 2.05) is 47.3 Å². The number of azo groups is 2. The second-order valence-electron chi connectivity index (χ2n) is 23.0. The number of rotatable bonds is 32. The van der Waals surface area contributed by atoms with Crippen LogP contribution < -0.4 is 50.3 Å². The van der Waals surface area contributed by atoms with Gasteiger partial charge in [-0.3, -0.25) is 32.8 Å². The highest BCUT2D eigenvalue weighted by molar-refractivity contribution is 8.00. The number of hydrogen-bond acceptors (Lipinski definition) is 30. The molecular weight excluding hydrogens is 1440 g/mol. The summed E-state index contributed by atoms with van der Waals surface area (Å²) in [6, 6.07) is 16.7. The average Bonchev–Trinajstić information content (AvgIpc) is 1.55. The van der Waals surface area contributed by atoms with Crippen LogP contribution in [0.3, 0.4) is 0 Å². The Morgan fingerprint density at radius 1 is 0.618 bits per heavy atom. The third-order valence-electron chi connectivity index (χ3n) is 16.1. The number of Topliss-reactive ketones (excluding diaryl/α,β-unsaturated/α-hetero) is 2. The summed E-state index contributed by atoms with van der Waals surface area (Å²) >= 11 is 2.90. The molecule has 0 bridgehead atoms. The van der Waals surface area contributed by atoms with Crippen molar-refractivity contribution in [3.8, 4) is 11.5 Å². The monoisotopic (exact) mass is 1520 g/mol. The Balaban J connectivity index is 1.13. The maximum absolute atomic E-state index is 14.2. The minimum Gasteiger partial charge on any atom is -0.494 e. The summed E-state index contributed by atoms with van der Waals surface area (Å²) in [5, 5.41) is 30.6. The number of thioether (sulfide) groups is 1. The smallest absolute Gasteiger partial charge is 0.294 e. The molecule has 544 valence electrons. The number of ketones is 2. The number of carbonyl (C=O) groups excluding carboxylic acids is 4. The fourth-order valence-corrected chi connectivity index (χ4v) is 15.8. The topological polar surface area (TPSA) is 425 Å². The first-order chi connectivity index (χ1) is 48.6.